The predicted octanol–water partition coefficient (Wildman–Crippen LogP) is -0.950. The average molecular weight is 256 g/mol. The summed E-state index contributed by atoms with van der Waals surface area (Å²) in [5, 5.41) is 6.10. The molecule has 2 amide bonds. The van der Waals surface area contributed by atoms with E-state index in [2.05, 4.69) is 10.6 Å². The zero-order valence-electron chi connectivity index (χ0n) is 11.2. The molecular weight excluding hydrogens is 232 g/mol. The molecule has 104 valence electrons. The van der Waals surface area contributed by atoms with E-state index < -0.39 is 0 Å². The van der Waals surface area contributed by atoms with Crippen molar-refractivity contribution in [1.29, 1.82) is 0 Å². The number of hydrogen-bond donors (Lipinski definition) is 3. The monoisotopic (exact) mass is 256 g/mol. The topological polar surface area (TPSA) is 87.5 Å². The lowest BCUT2D eigenvalue weighted by Crippen LogP contribution is -2.50. The normalized spacial score (nSPS) is 17.1. The SMILES string of the molecule is CC(C)NC(=O)CN(CC(N)=O)C1CCNCC1. The summed E-state index contributed by atoms with van der Waals surface area (Å²) in [4.78, 5) is 24.7. The van der Waals surface area contributed by atoms with Crippen LogP contribution < -0.4 is 16.4 Å². The quantitative estimate of drug-likeness (QED) is 0.572. The van der Waals surface area contributed by atoms with Crippen LogP contribution in [0.3, 0.4) is 0 Å². The number of piperidine rings is 1. The summed E-state index contributed by atoms with van der Waals surface area (Å²) >= 11 is 0. The van der Waals surface area contributed by atoms with E-state index in [1.807, 2.05) is 18.7 Å². The molecule has 1 rings (SSSR count). The van der Waals surface area contributed by atoms with E-state index in [0.717, 1.165) is 25.9 Å². The van der Waals surface area contributed by atoms with Gasteiger partial charge in [-0.1, -0.05) is 0 Å². The first-order valence-corrected chi connectivity index (χ1v) is 6.51. The molecular formula is C12H24N4O2. The molecule has 0 saturated carbocycles. The number of nitrogens with one attached hydrogen (secondary N) is 2. The number of amides is 2. The maximum atomic E-state index is 11.8. The lowest BCUT2D eigenvalue weighted by atomic mass is 10.0. The molecule has 0 aromatic rings. The molecule has 6 heteroatoms. The third-order valence-electron chi connectivity index (χ3n) is 2.98. The Kier molecular flexibility index (Phi) is 6.07. The van der Waals surface area contributed by atoms with Crippen LogP contribution in [0.5, 0.6) is 0 Å². The first kappa shape index (κ1) is 14.9. The minimum Gasteiger partial charge on any atom is -0.369 e. The maximum absolute atomic E-state index is 11.8. The number of carbonyl (C=O) groups is 2. The van der Waals surface area contributed by atoms with Crippen LogP contribution in [0.2, 0.25) is 0 Å². The Balaban J connectivity index is 2.53. The summed E-state index contributed by atoms with van der Waals surface area (Å²) in [6.45, 7) is 6.07. The van der Waals surface area contributed by atoms with Crippen LogP contribution in [0, 0.1) is 0 Å². The zero-order valence-corrected chi connectivity index (χ0v) is 11.2. The van der Waals surface area contributed by atoms with Crippen molar-refractivity contribution in [2.24, 2.45) is 5.73 Å². The van der Waals surface area contributed by atoms with Gasteiger partial charge in [-0.15, -0.1) is 0 Å². The Hall–Kier alpha value is -1.14. The van der Waals surface area contributed by atoms with E-state index in [9.17, 15) is 9.59 Å². The molecule has 0 aromatic carbocycles. The molecule has 0 aromatic heterocycles. The van der Waals surface area contributed by atoms with Gasteiger partial charge in [-0.2, -0.15) is 0 Å². The predicted molar refractivity (Wildman–Crippen MR) is 69.9 cm³/mol. The fourth-order valence-electron chi connectivity index (χ4n) is 2.24. The van der Waals surface area contributed by atoms with Crippen LogP contribution in [0.15, 0.2) is 0 Å². The van der Waals surface area contributed by atoms with E-state index in [-0.39, 0.29) is 37.0 Å². The second kappa shape index (κ2) is 7.33. The fraction of sp³-hybridized carbons (Fsp3) is 0.833. The fourth-order valence-corrected chi connectivity index (χ4v) is 2.24. The number of hydrogen-bond acceptors (Lipinski definition) is 4. The molecule has 1 fully saturated rings. The smallest absolute Gasteiger partial charge is 0.234 e. The maximum Gasteiger partial charge on any atom is 0.234 e. The molecule has 4 N–H and O–H groups in total. The minimum atomic E-state index is -0.383. The van der Waals surface area contributed by atoms with Gasteiger partial charge in [0.05, 0.1) is 13.1 Å². The first-order valence-electron chi connectivity index (χ1n) is 6.51. The van der Waals surface area contributed by atoms with Crippen LogP contribution >= 0.6 is 0 Å². The number of nitrogens with two attached hydrogens (primary N) is 1. The van der Waals surface area contributed by atoms with Gasteiger partial charge in [0.1, 0.15) is 0 Å². The molecule has 1 aliphatic rings. The van der Waals surface area contributed by atoms with Crippen LogP contribution in [0.4, 0.5) is 0 Å². The van der Waals surface area contributed by atoms with E-state index in [1.54, 1.807) is 0 Å². The van der Waals surface area contributed by atoms with Crippen molar-refractivity contribution in [3.8, 4) is 0 Å². The number of carbonyl (C=O) groups excluding carboxylic acids is 2. The largest absolute Gasteiger partial charge is 0.369 e. The minimum absolute atomic E-state index is 0.0511. The average Bonchev–Trinajstić information content (AvgIpc) is 2.27. The molecule has 1 saturated heterocycles. The summed E-state index contributed by atoms with van der Waals surface area (Å²) in [5.74, 6) is -0.435. The number of nitrogens with zero attached hydrogens (tertiary/aromatic N) is 1. The molecule has 0 radical (unpaired) electrons. The van der Waals surface area contributed by atoms with Crippen molar-refractivity contribution in [2.75, 3.05) is 26.2 Å². The van der Waals surface area contributed by atoms with E-state index in [1.165, 1.54) is 0 Å². The van der Waals surface area contributed by atoms with Crippen molar-refractivity contribution in [3.63, 3.8) is 0 Å². The molecule has 0 unspecified atom stereocenters. The summed E-state index contributed by atoms with van der Waals surface area (Å²) in [6.07, 6.45) is 1.89. The highest BCUT2D eigenvalue weighted by atomic mass is 16.2. The van der Waals surface area contributed by atoms with Gasteiger partial charge in [0, 0.05) is 12.1 Å². The van der Waals surface area contributed by atoms with Crippen LogP contribution in [0.25, 0.3) is 0 Å². The Labute approximate surface area is 108 Å². The van der Waals surface area contributed by atoms with Crippen molar-refractivity contribution >= 4 is 11.8 Å². The number of primary amides is 1. The Morgan fingerprint density at radius 2 is 1.94 bits per heavy atom. The molecule has 6 nitrogen and oxygen atoms in total. The Morgan fingerprint density at radius 3 is 2.44 bits per heavy atom. The lowest BCUT2D eigenvalue weighted by Gasteiger charge is -2.33. The molecule has 0 aliphatic carbocycles. The standard InChI is InChI=1S/C12H24N4O2/c1-9(2)15-12(18)8-16(7-11(13)17)10-3-5-14-6-4-10/h9-10,14H,3-8H2,1-2H3,(H2,13,17)(H,15,18). The van der Waals surface area contributed by atoms with Gasteiger partial charge in [0.25, 0.3) is 0 Å². The summed E-state index contributed by atoms with van der Waals surface area (Å²) in [7, 11) is 0. The molecule has 0 spiro atoms. The third-order valence-corrected chi connectivity index (χ3v) is 2.98. The van der Waals surface area contributed by atoms with E-state index in [0.29, 0.717) is 0 Å². The van der Waals surface area contributed by atoms with Crippen molar-refractivity contribution in [3.05, 3.63) is 0 Å². The second-order valence-corrected chi connectivity index (χ2v) is 5.07. The van der Waals surface area contributed by atoms with Crippen LogP contribution in [-0.2, 0) is 9.59 Å². The summed E-state index contributed by atoms with van der Waals surface area (Å²) < 4.78 is 0. The highest BCUT2D eigenvalue weighted by Crippen LogP contribution is 2.11. The van der Waals surface area contributed by atoms with Gasteiger partial charge in [-0.3, -0.25) is 14.5 Å². The van der Waals surface area contributed by atoms with Crippen molar-refractivity contribution in [2.45, 2.75) is 38.8 Å². The highest BCUT2D eigenvalue weighted by Gasteiger charge is 2.24. The molecule has 0 atom stereocenters. The van der Waals surface area contributed by atoms with Gasteiger partial charge in [0.2, 0.25) is 11.8 Å². The van der Waals surface area contributed by atoms with E-state index >= 15 is 0 Å². The van der Waals surface area contributed by atoms with Crippen LogP contribution in [0.1, 0.15) is 26.7 Å². The van der Waals surface area contributed by atoms with Gasteiger partial charge in [-0.05, 0) is 39.8 Å². The summed E-state index contributed by atoms with van der Waals surface area (Å²) in [6, 6.07) is 0.373. The van der Waals surface area contributed by atoms with E-state index in [4.69, 9.17) is 5.73 Å². The lowest BCUT2D eigenvalue weighted by molar-refractivity contribution is -0.125. The van der Waals surface area contributed by atoms with Crippen molar-refractivity contribution in [1.82, 2.24) is 15.5 Å². The summed E-state index contributed by atoms with van der Waals surface area (Å²) in [5.41, 5.74) is 5.25. The molecule has 0 bridgehead atoms. The van der Waals surface area contributed by atoms with Crippen LogP contribution in [-0.4, -0.2) is 55.0 Å². The molecule has 1 aliphatic heterocycles. The van der Waals surface area contributed by atoms with Gasteiger partial charge >= 0.3 is 0 Å². The zero-order chi connectivity index (χ0) is 13.5. The Morgan fingerprint density at radius 1 is 1.33 bits per heavy atom. The second-order valence-electron chi connectivity index (χ2n) is 5.07. The molecule has 1 heterocycles. The molecule has 18 heavy (non-hydrogen) atoms. The third kappa shape index (κ3) is 5.46. The van der Waals surface area contributed by atoms with Gasteiger partial charge in [-0.25, -0.2) is 0 Å². The van der Waals surface area contributed by atoms with Gasteiger partial charge in [0.15, 0.2) is 0 Å². The highest BCUT2D eigenvalue weighted by molar-refractivity contribution is 5.80. The Bertz CT molecular complexity index is 288. The first-order chi connectivity index (χ1) is 8.49. The van der Waals surface area contributed by atoms with Crippen molar-refractivity contribution < 1.29 is 9.59 Å². The number of rotatable bonds is 6. The van der Waals surface area contributed by atoms with Gasteiger partial charge < -0.3 is 16.4 Å².